The smallest absolute Gasteiger partial charge is 0.139 e. The van der Waals surface area contributed by atoms with Gasteiger partial charge in [-0.2, -0.15) is 0 Å². The average molecular weight is 273 g/mol. The monoisotopic (exact) mass is 272 g/mol. The van der Waals surface area contributed by atoms with Gasteiger partial charge in [0.2, 0.25) is 0 Å². The van der Waals surface area contributed by atoms with E-state index in [2.05, 4.69) is 9.97 Å². The van der Waals surface area contributed by atoms with Crippen molar-refractivity contribution in [2.45, 2.75) is 6.92 Å². The number of halogens is 1. The van der Waals surface area contributed by atoms with Crippen molar-refractivity contribution in [2.75, 3.05) is 6.61 Å². The van der Waals surface area contributed by atoms with Gasteiger partial charge in [0, 0.05) is 17.3 Å². The van der Waals surface area contributed by atoms with Crippen molar-refractivity contribution in [2.24, 2.45) is 0 Å². The molecule has 1 aromatic carbocycles. The molecule has 96 valence electrons. The quantitative estimate of drug-likeness (QED) is 0.773. The molecule has 0 radical (unpaired) electrons. The van der Waals surface area contributed by atoms with E-state index in [1.807, 2.05) is 37.3 Å². The Labute approximate surface area is 116 Å². The molecule has 2 aromatic heterocycles. The van der Waals surface area contributed by atoms with Crippen molar-refractivity contribution < 1.29 is 4.74 Å². The Balaban J connectivity index is 2.01. The van der Waals surface area contributed by atoms with E-state index in [0.717, 1.165) is 28.0 Å². The molecule has 0 fully saturated rings. The number of nitrogens with one attached hydrogen (secondary N) is 1. The van der Waals surface area contributed by atoms with Crippen molar-refractivity contribution in [3.05, 3.63) is 47.6 Å². The summed E-state index contributed by atoms with van der Waals surface area (Å²) in [6.45, 7) is 2.64. The third-order valence-corrected chi connectivity index (χ3v) is 3.28. The third kappa shape index (κ3) is 2.29. The van der Waals surface area contributed by atoms with Crippen LogP contribution in [-0.4, -0.2) is 16.6 Å². The SMILES string of the molecule is CCOc1ccc(-c2cc3c(Cl)ccnc3[nH]2)cc1. The molecule has 0 bridgehead atoms. The minimum absolute atomic E-state index is 0.672. The van der Waals surface area contributed by atoms with Gasteiger partial charge in [0.05, 0.1) is 11.6 Å². The number of hydrogen-bond donors (Lipinski definition) is 1. The van der Waals surface area contributed by atoms with Crippen LogP contribution in [0.1, 0.15) is 6.92 Å². The molecule has 0 atom stereocenters. The zero-order valence-electron chi connectivity index (χ0n) is 10.5. The Morgan fingerprint density at radius 2 is 2.00 bits per heavy atom. The van der Waals surface area contributed by atoms with Crippen LogP contribution in [-0.2, 0) is 0 Å². The lowest BCUT2D eigenvalue weighted by Gasteiger charge is -2.03. The maximum Gasteiger partial charge on any atom is 0.139 e. The van der Waals surface area contributed by atoms with Crippen LogP contribution in [0.3, 0.4) is 0 Å². The highest BCUT2D eigenvalue weighted by molar-refractivity contribution is 6.35. The third-order valence-electron chi connectivity index (χ3n) is 2.95. The Bertz CT molecular complexity index is 704. The first-order valence-electron chi connectivity index (χ1n) is 6.14. The fourth-order valence-electron chi connectivity index (χ4n) is 2.05. The first kappa shape index (κ1) is 12.1. The number of rotatable bonds is 3. The lowest BCUT2D eigenvalue weighted by molar-refractivity contribution is 0.340. The number of ether oxygens (including phenoxy) is 1. The van der Waals surface area contributed by atoms with E-state index >= 15 is 0 Å². The van der Waals surface area contributed by atoms with Gasteiger partial charge in [0.1, 0.15) is 11.4 Å². The van der Waals surface area contributed by atoms with E-state index in [0.29, 0.717) is 11.6 Å². The first-order chi connectivity index (χ1) is 9.28. The van der Waals surface area contributed by atoms with Gasteiger partial charge in [0.15, 0.2) is 0 Å². The summed E-state index contributed by atoms with van der Waals surface area (Å²) in [5, 5.41) is 1.64. The Hall–Kier alpha value is -2.00. The van der Waals surface area contributed by atoms with Gasteiger partial charge in [-0.25, -0.2) is 4.98 Å². The minimum Gasteiger partial charge on any atom is -0.494 e. The molecule has 4 heteroatoms. The molecular weight excluding hydrogens is 260 g/mol. The van der Waals surface area contributed by atoms with Gasteiger partial charge < -0.3 is 9.72 Å². The van der Waals surface area contributed by atoms with Gasteiger partial charge in [-0.15, -0.1) is 0 Å². The summed E-state index contributed by atoms with van der Waals surface area (Å²) in [5.74, 6) is 0.874. The molecule has 0 saturated carbocycles. The lowest BCUT2D eigenvalue weighted by atomic mass is 10.1. The van der Waals surface area contributed by atoms with Gasteiger partial charge in [-0.05, 0) is 48.9 Å². The zero-order chi connectivity index (χ0) is 13.2. The summed E-state index contributed by atoms with van der Waals surface area (Å²) in [5.41, 5.74) is 2.88. The number of nitrogens with zero attached hydrogens (tertiary/aromatic N) is 1. The van der Waals surface area contributed by atoms with Crippen molar-refractivity contribution in [3.8, 4) is 17.0 Å². The molecule has 0 aliphatic carbocycles. The lowest BCUT2D eigenvalue weighted by Crippen LogP contribution is -1.90. The van der Waals surface area contributed by atoms with Crippen molar-refractivity contribution in [1.29, 1.82) is 0 Å². The highest BCUT2D eigenvalue weighted by atomic mass is 35.5. The van der Waals surface area contributed by atoms with Gasteiger partial charge in [-0.3, -0.25) is 0 Å². The first-order valence-corrected chi connectivity index (χ1v) is 6.52. The van der Waals surface area contributed by atoms with E-state index in [1.54, 1.807) is 12.3 Å². The standard InChI is InChI=1S/C15H13ClN2O/c1-2-19-11-5-3-10(4-6-11)14-9-12-13(16)7-8-17-15(12)18-14/h3-9H,2H2,1H3,(H,17,18). The Morgan fingerprint density at radius 3 is 2.68 bits per heavy atom. The van der Waals surface area contributed by atoms with Crippen molar-refractivity contribution in [3.63, 3.8) is 0 Å². The predicted octanol–water partition coefficient (Wildman–Crippen LogP) is 4.28. The molecule has 2 heterocycles. The fourth-order valence-corrected chi connectivity index (χ4v) is 2.25. The largest absolute Gasteiger partial charge is 0.494 e. The number of H-pyrrole nitrogens is 1. The summed E-state index contributed by atoms with van der Waals surface area (Å²) in [4.78, 5) is 7.54. The molecule has 0 saturated heterocycles. The molecule has 19 heavy (non-hydrogen) atoms. The molecule has 0 aliphatic heterocycles. The molecule has 3 rings (SSSR count). The Morgan fingerprint density at radius 1 is 1.21 bits per heavy atom. The van der Waals surface area contributed by atoms with Crippen LogP contribution in [0.5, 0.6) is 5.75 Å². The van der Waals surface area contributed by atoms with Crippen molar-refractivity contribution in [1.82, 2.24) is 9.97 Å². The van der Waals surface area contributed by atoms with E-state index in [1.165, 1.54) is 0 Å². The second-order valence-electron chi connectivity index (χ2n) is 4.20. The number of aromatic amines is 1. The van der Waals surface area contributed by atoms with Gasteiger partial charge >= 0.3 is 0 Å². The van der Waals surface area contributed by atoms with E-state index in [4.69, 9.17) is 16.3 Å². The highest BCUT2D eigenvalue weighted by Gasteiger charge is 2.06. The zero-order valence-corrected chi connectivity index (χ0v) is 11.2. The number of pyridine rings is 1. The topological polar surface area (TPSA) is 37.9 Å². The van der Waals surface area contributed by atoms with Crippen LogP contribution in [0, 0.1) is 0 Å². The molecule has 0 spiro atoms. The highest BCUT2D eigenvalue weighted by Crippen LogP contribution is 2.28. The summed E-state index contributed by atoms with van der Waals surface area (Å²) < 4.78 is 5.43. The van der Waals surface area contributed by atoms with Crippen molar-refractivity contribution >= 4 is 22.6 Å². The van der Waals surface area contributed by atoms with Crippen LogP contribution in [0.15, 0.2) is 42.6 Å². The molecule has 3 aromatic rings. The second-order valence-corrected chi connectivity index (χ2v) is 4.60. The maximum atomic E-state index is 6.14. The van der Waals surface area contributed by atoms with Crippen LogP contribution in [0.25, 0.3) is 22.3 Å². The summed E-state index contributed by atoms with van der Waals surface area (Å²) >= 11 is 6.14. The van der Waals surface area contributed by atoms with Crippen LogP contribution < -0.4 is 4.74 Å². The fraction of sp³-hybridized carbons (Fsp3) is 0.133. The van der Waals surface area contributed by atoms with E-state index < -0.39 is 0 Å². The van der Waals surface area contributed by atoms with Crippen LogP contribution in [0.2, 0.25) is 5.02 Å². The number of aromatic nitrogens is 2. The molecule has 3 nitrogen and oxygen atoms in total. The number of fused-ring (bicyclic) bond motifs is 1. The number of hydrogen-bond acceptors (Lipinski definition) is 2. The summed E-state index contributed by atoms with van der Waals surface area (Å²) in [6, 6.07) is 11.8. The van der Waals surface area contributed by atoms with Gasteiger partial charge in [-0.1, -0.05) is 11.6 Å². The van der Waals surface area contributed by atoms with E-state index in [9.17, 15) is 0 Å². The van der Waals surface area contributed by atoms with Gasteiger partial charge in [0.25, 0.3) is 0 Å². The maximum absolute atomic E-state index is 6.14. The Kier molecular flexibility index (Phi) is 3.13. The molecular formula is C15H13ClN2O. The van der Waals surface area contributed by atoms with Crippen LogP contribution >= 0.6 is 11.6 Å². The molecule has 0 unspecified atom stereocenters. The minimum atomic E-state index is 0.672. The number of benzene rings is 1. The second kappa shape index (κ2) is 4.94. The predicted molar refractivity (Wildman–Crippen MR) is 77.7 cm³/mol. The summed E-state index contributed by atoms with van der Waals surface area (Å²) in [6.07, 6.45) is 1.70. The van der Waals surface area contributed by atoms with E-state index in [-0.39, 0.29) is 0 Å². The normalized spacial score (nSPS) is 10.8. The molecule has 1 N–H and O–H groups in total. The molecule has 0 amide bonds. The average Bonchev–Trinajstić information content (AvgIpc) is 2.85. The van der Waals surface area contributed by atoms with Crippen LogP contribution in [0.4, 0.5) is 0 Å². The summed E-state index contributed by atoms with van der Waals surface area (Å²) in [7, 11) is 0. The molecule has 0 aliphatic rings.